The summed E-state index contributed by atoms with van der Waals surface area (Å²) in [6, 6.07) is 5.11. The number of carbonyl (C=O) groups is 1. The summed E-state index contributed by atoms with van der Waals surface area (Å²) in [6.45, 7) is 3.96. The van der Waals surface area contributed by atoms with Gasteiger partial charge in [-0.25, -0.2) is 0 Å². The SMILES string of the molecule is COc1cc(CN(C)C(=O)C(C)=C2CNC2)ccc1O. The normalized spacial score (nSPS) is 13.7. The standard InChI is InChI=1S/C15H20N2O3/c1-10(12-7-16-8-12)15(19)17(2)9-11-4-5-13(18)14(6-11)20-3/h4-6,16,18H,7-9H2,1-3H3. The van der Waals surface area contributed by atoms with Gasteiger partial charge in [0, 0.05) is 32.3 Å². The summed E-state index contributed by atoms with van der Waals surface area (Å²) in [6.07, 6.45) is 0. The number of carbonyl (C=O) groups excluding carboxylic acids is 1. The van der Waals surface area contributed by atoms with Gasteiger partial charge in [0.05, 0.1) is 7.11 Å². The zero-order chi connectivity index (χ0) is 14.7. The van der Waals surface area contributed by atoms with E-state index in [-0.39, 0.29) is 11.7 Å². The van der Waals surface area contributed by atoms with Crippen LogP contribution in [-0.2, 0) is 11.3 Å². The third kappa shape index (κ3) is 2.93. The third-order valence-corrected chi connectivity index (χ3v) is 3.54. The van der Waals surface area contributed by atoms with Crippen molar-refractivity contribution in [2.75, 3.05) is 27.2 Å². The molecule has 5 heteroatoms. The summed E-state index contributed by atoms with van der Waals surface area (Å²) < 4.78 is 5.07. The largest absolute Gasteiger partial charge is 0.504 e. The molecule has 0 bridgehead atoms. The van der Waals surface area contributed by atoms with E-state index in [1.807, 2.05) is 6.92 Å². The molecule has 108 valence electrons. The van der Waals surface area contributed by atoms with Crippen molar-refractivity contribution >= 4 is 5.91 Å². The minimum Gasteiger partial charge on any atom is -0.504 e. The first-order valence-corrected chi connectivity index (χ1v) is 6.53. The zero-order valence-electron chi connectivity index (χ0n) is 12.1. The Morgan fingerprint density at radius 2 is 2.15 bits per heavy atom. The zero-order valence-corrected chi connectivity index (χ0v) is 12.1. The fourth-order valence-corrected chi connectivity index (χ4v) is 2.12. The van der Waals surface area contributed by atoms with E-state index in [1.165, 1.54) is 12.7 Å². The van der Waals surface area contributed by atoms with Crippen LogP contribution in [0.25, 0.3) is 0 Å². The van der Waals surface area contributed by atoms with Gasteiger partial charge in [-0.15, -0.1) is 0 Å². The number of nitrogens with zero attached hydrogens (tertiary/aromatic N) is 1. The van der Waals surface area contributed by atoms with E-state index in [1.54, 1.807) is 30.1 Å². The van der Waals surface area contributed by atoms with E-state index in [4.69, 9.17) is 4.74 Å². The number of hydrogen-bond donors (Lipinski definition) is 2. The van der Waals surface area contributed by atoms with Gasteiger partial charge in [0.25, 0.3) is 0 Å². The molecule has 0 radical (unpaired) electrons. The lowest BCUT2D eigenvalue weighted by Gasteiger charge is -2.24. The Morgan fingerprint density at radius 3 is 2.70 bits per heavy atom. The molecule has 1 aliphatic rings. The van der Waals surface area contributed by atoms with Gasteiger partial charge in [-0.1, -0.05) is 6.07 Å². The number of rotatable bonds is 4. The quantitative estimate of drug-likeness (QED) is 0.813. The van der Waals surface area contributed by atoms with Crippen LogP contribution >= 0.6 is 0 Å². The van der Waals surface area contributed by atoms with Gasteiger partial charge in [-0.2, -0.15) is 0 Å². The Labute approximate surface area is 118 Å². The number of likely N-dealkylation sites (N-methyl/N-ethyl adjacent to an activating group) is 1. The van der Waals surface area contributed by atoms with Crippen molar-refractivity contribution in [3.05, 3.63) is 34.9 Å². The molecule has 1 amide bonds. The number of nitrogens with one attached hydrogen (secondary N) is 1. The molecule has 5 nitrogen and oxygen atoms in total. The van der Waals surface area contributed by atoms with Gasteiger partial charge < -0.3 is 20.1 Å². The van der Waals surface area contributed by atoms with Gasteiger partial charge in [0.2, 0.25) is 5.91 Å². The molecule has 1 aromatic carbocycles. The lowest BCUT2D eigenvalue weighted by molar-refractivity contribution is -0.126. The highest BCUT2D eigenvalue weighted by Crippen LogP contribution is 2.26. The van der Waals surface area contributed by atoms with Crippen molar-refractivity contribution in [2.45, 2.75) is 13.5 Å². The topological polar surface area (TPSA) is 61.8 Å². The van der Waals surface area contributed by atoms with Crippen LogP contribution in [-0.4, -0.2) is 43.2 Å². The molecule has 1 heterocycles. The monoisotopic (exact) mass is 276 g/mol. The maximum atomic E-state index is 12.3. The molecule has 1 aromatic rings. The molecule has 2 N–H and O–H groups in total. The average Bonchev–Trinajstić information content (AvgIpc) is 2.37. The van der Waals surface area contributed by atoms with Crippen LogP contribution in [0, 0.1) is 0 Å². The highest BCUT2D eigenvalue weighted by Gasteiger charge is 2.19. The Bertz CT molecular complexity index is 546. The Morgan fingerprint density at radius 1 is 1.45 bits per heavy atom. The molecule has 2 rings (SSSR count). The number of phenols is 1. The van der Waals surface area contributed by atoms with Gasteiger partial charge in [-0.3, -0.25) is 4.79 Å². The summed E-state index contributed by atoms with van der Waals surface area (Å²) in [5.41, 5.74) is 2.90. The minimum atomic E-state index is 0.0357. The number of methoxy groups -OCH3 is 1. The summed E-state index contributed by atoms with van der Waals surface area (Å²) in [7, 11) is 3.28. The van der Waals surface area contributed by atoms with Crippen LogP contribution in [0.5, 0.6) is 11.5 Å². The van der Waals surface area contributed by atoms with Crippen LogP contribution in [0.2, 0.25) is 0 Å². The predicted molar refractivity (Wildman–Crippen MR) is 76.7 cm³/mol. The van der Waals surface area contributed by atoms with Crippen LogP contribution in [0.1, 0.15) is 12.5 Å². The average molecular weight is 276 g/mol. The number of ether oxygens (including phenoxy) is 1. The lowest BCUT2D eigenvalue weighted by atomic mass is 10.0. The van der Waals surface area contributed by atoms with Gasteiger partial charge in [0.15, 0.2) is 11.5 Å². The smallest absolute Gasteiger partial charge is 0.249 e. The maximum Gasteiger partial charge on any atom is 0.249 e. The number of phenolic OH excluding ortho intramolecular Hbond substituents is 1. The molecule has 1 aliphatic heterocycles. The maximum absolute atomic E-state index is 12.3. The number of aromatic hydroxyl groups is 1. The molecule has 1 fully saturated rings. The van der Waals surface area contributed by atoms with Crippen LogP contribution in [0.15, 0.2) is 29.3 Å². The van der Waals surface area contributed by atoms with Crippen molar-refractivity contribution in [1.29, 1.82) is 0 Å². The first-order chi connectivity index (χ1) is 9.52. The van der Waals surface area contributed by atoms with E-state index in [0.717, 1.165) is 24.2 Å². The molecule has 1 saturated heterocycles. The minimum absolute atomic E-state index is 0.0357. The molecule has 0 spiro atoms. The second kappa shape index (κ2) is 5.96. The number of benzene rings is 1. The van der Waals surface area contributed by atoms with E-state index < -0.39 is 0 Å². The first kappa shape index (κ1) is 14.4. The van der Waals surface area contributed by atoms with Crippen molar-refractivity contribution in [1.82, 2.24) is 10.2 Å². The molecule has 0 aromatic heterocycles. The molecule has 0 atom stereocenters. The summed E-state index contributed by atoms with van der Waals surface area (Å²) in [5.74, 6) is 0.555. The summed E-state index contributed by atoms with van der Waals surface area (Å²) >= 11 is 0. The number of amides is 1. The molecule has 20 heavy (non-hydrogen) atoms. The van der Waals surface area contributed by atoms with Gasteiger partial charge in [0.1, 0.15) is 0 Å². The molecule has 0 unspecified atom stereocenters. The van der Waals surface area contributed by atoms with E-state index in [9.17, 15) is 9.90 Å². The fourth-order valence-electron chi connectivity index (χ4n) is 2.12. The van der Waals surface area contributed by atoms with E-state index >= 15 is 0 Å². The van der Waals surface area contributed by atoms with Crippen LogP contribution in [0.3, 0.4) is 0 Å². The van der Waals surface area contributed by atoms with Gasteiger partial charge >= 0.3 is 0 Å². The fraction of sp³-hybridized carbons (Fsp3) is 0.400. The molecule has 0 aliphatic carbocycles. The van der Waals surface area contributed by atoms with Crippen molar-refractivity contribution < 1.29 is 14.6 Å². The number of hydrogen-bond acceptors (Lipinski definition) is 4. The first-order valence-electron chi connectivity index (χ1n) is 6.53. The van der Waals surface area contributed by atoms with Crippen molar-refractivity contribution in [2.24, 2.45) is 0 Å². The summed E-state index contributed by atoms with van der Waals surface area (Å²) in [5, 5.41) is 12.7. The van der Waals surface area contributed by atoms with Crippen molar-refractivity contribution in [3.8, 4) is 11.5 Å². The van der Waals surface area contributed by atoms with Crippen LogP contribution in [0.4, 0.5) is 0 Å². The van der Waals surface area contributed by atoms with E-state index in [0.29, 0.717) is 12.3 Å². The van der Waals surface area contributed by atoms with Crippen molar-refractivity contribution in [3.63, 3.8) is 0 Å². The van der Waals surface area contributed by atoms with E-state index in [2.05, 4.69) is 5.32 Å². The Kier molecular flexibility index (Phi) is 4.29. The third-order valence-electron chi connectivity index (χ3n) is 3.54. The molecule has 0 saturated carbocycles. The molecular formula is C15H20N2O3. The predicted octanol–water partition coefficient (Wildman–Crippen LogP) is 1.28. The Balaban J connectivity index is 2.07. The molecular weight excluding hydrogens is 256 g/mol. The van der Waals surface area contributed by atoms with Crippen LogP contribution < -0.4 is 10.1 Å². The Hall–Kier alpha value is -2.01. The highest BCUT2D eigenvalue weighted by molar-refractivity contribution is 5.93. The van der Waals surface area contributed by atoms with Gasteiger partial charge in [-0.05, 0) is 30.2 Å². The second-order valence-electron chi connectivity index (χ2n) is 5.00. The summed E-state index contributed by atoms with van der Waals surface area (Å²) in [4.78, 5) is 13.9. The lowest BCUT2D eigenvalue weighted by Crippen LogP contribution is -2.38. The second-order valence-corrected chi connectivity index (χ2v) is 5.00. The highest BCUT2D eigenvalue weighted by atomic mass is 16.5.